The van der Waals surface area contributed by atoms with Gasteiger partial charge in [0, 0.05) is 15.1 Å². The van der Waals surface area contributed by atoms with Crippen LogP contribution in [0.15, 0.2) is 27.6 Å². The first-order valence-corrected chi connectivity index (χ1v) is 6.12. The lowest BCUT2D eigenvalue weighted by Crippen LogP contribution is -2.03. The highest BCUT2D eigenvalue weighted by molar-refractivity contribution is 9.10. The zero-order valence-electron chi connectivity index (χ0n) is 8.11. The topological polar surface area (TPSA) is 57.5 Å². The molecule has 15 heavy (non-hydrogen) atoms. The van der Waals surface area contributed by atoms with Crippen molar-refractivity contribution in [3.8, 4) is 0 Å². The molecule has 0 fully saturated rings. The number of hydrogen-bond donors (Lipinski definition) is 2. The number of benzene rings is 1. The van der Waals surface area contributed by atoms with E-state index in [2.05, 4.69) is 15.9 Å². The maximum atomic E-state index is 10.8. The van der Waals surface area contributed by atoms with Gasteiger partial charge in [0.25, 0.3) is 0 Å². The predicted octanol–water partition coefficient (Wildman–Crippen LogP) is 2.62. The summed E-state index contributed by atoms with van der Waals surface area (Å²) in [5.74, 6) is -0.401. The fraction of sp³-hybridized carbons (Fsp3) is 0.300. The highest BCUT2D eigenvalue weighted by atomic mass is 79.9. The van der Waals surface area contributed by atoms with Crippen molar-refractivity contribution in [2.45, 2.75) is 17.9 Å². The summed E-state index contributed by atoms with van der Waals surface area (Å²) in [6.07, 6.45) is -0.396. The summed E-state index contributed by atoms with van der Waals surface area (Å²) in [6, 6.07) is 5.12. The van der Waals surface area contributed by atoms with Gasteiger partial charge in [-0.3, -0.25) is 0 Å². The van der Waals surface area contributed by atoms with E-state index in [0.29, 0.717) is 10.2 Å². The molecule has 0 heterocycles. The molecular weight excluding hydrogens is 280 g/mol. The molecule has 3 nitrogen and oxygen atoms in total. The maximum Gasteiger partial charge on any atom is 0.336 e. The first-order chi connectivity index (χ1) is 7.00. The number of thioether (sulfide) groups is 1. The Bertz CT molecular complexity index is 366. The Balaban J connectivity index is 2.83. The van der Waals surface area contributed by atoms with Crippen molar-refractivity contribution in [1.29, 1.82) is 0 Å². The Hall–Kier alpha value is -0.520. The van der Waals surface area contributed by atoms with Crippen LogP contribution in [0.1, 0.15) is 17.3 Å². The number of carboxylic acid groups (broad SMARTS) is 1. The van der Waals surface area contributed by atoms with E-state index < -0.39 is 12.1 Å². The molecule has 82 valence electrons. The van der Waals surface area contributed by atoms with E-state index >= 15 is 0 Å². The fourth-order valence-electron chi connectivity index (χ4n) is 0.975. The molecule has 1 rings (SSSR count). The average molecular weight is 291 g/mol. The van der Waals surface area contributed by atoms with Crippen LogP contribution in [0.3, 0.4) is 0 Å². The Morgan fingerprint density at radius 2 is 2.27 bits per heavy atom. The smallest absolute Gasteiger partial charge is 0.336 e. The van der Waals surface area contributed by atoms with Gasteiger partial charge in [0.1, 0.15) is 0 Å². The van der Waals surface area contributed by atoms with E-state index in [9.17, 15) is 4.79 Å². The second-order valence-electron chi connectivity index (χ2n) is 3.11. The summed E-state index contributed by atoms with van der Waals surface area (Å²) in [6.45, 7) is 1.70. The van der Waals surface area contributed by atoms with Crippen LogP contribution in [0.25, 0.3) is 0 Å². The molecule has 0 spiro atoms. The minimum Gasteiger partial charge on any atom is -0.478 e. The molecule has 1 unspecified atom stereocenters. The van der Waals surface area contributed by atoms with Gasteiger partial charge in [0.05, 0.1) is 11.7 Å². The normalized spacial score (nSPS) is 12.5. The van der Waals surface area contributed by atoms with Crippen LogP contribution in [-0.4, -0.2) is 28.0 Å². The van der Waals surface area contributed by atoms with Crippen molar-refractivity contribution in [2.24, 2.45) is 0 Å². The van der Waals surface area contributed by atoms with Crippen LogP contribution in [-0.2, 0) is 0 Å². The molecule has 0 aliphatic carbocycles. The zero-order chi connectivity index (χ0) is 11.4. The molecule has 1 aromatic carbocycles. The number of aliphatic hydroxyl groups excluding tert-OH is 1. The highest BCUT2D eigenvalue weighted by Crippen LogP contribution is 2.25. The Labute approximate surface area is 101 Å². The zero-order valence-corrected chi connectivity index (χ0v) is 10.5. The third-order valence-corrected chi connectivity index (χ3v) is 3.59. The van der Waals surface area contributed by atoms with Crippen molar-refractivity contribution in [3.63, 3.8) is 0 Å². The lowest BCUT2D eigenvalue weighted by molar-refractivity contribution is 0.0695. The number of hydrogen-bond acceptors (Lipinski definition) is 3. The second kappa shape index (κ2) is 5.53. The van der Waals surface area contributed by atoms with E-state index in [4.69, 9.17) is 10.2 Å². The number of carboxylic acids is 1. The van der Waals surface area contributed by atoms with Crippen LogP contribution >= 0.6 is 27.7 Å². The average Bonchev–Trinajstić information content (AvgIpc) is 2.16. The van der Waals surface area contributed by atoms with Gasteiger partial charge in [-0.05, 0) is 41.1 Å². The van der Waals surface area contributed by atoms with E-state index in [1.807, 2.05) is 6.07 Å². The first-order valence-electron chi connectivity index (χ1n) is 4.34. The van der Waals surface area contributed by atoms with Crippen LogP contribution < -0.4 is 0 Å². The van der Waals surface area contributed by atoms with E-state index in [1.165, 1.54) is 11.8 Å². The Morgan fingerprint density at radius 1 is 1.60 bits per heavy atom. The van der Waals surface area contributed by atoms with Gasteiger partial charge in [-0.2, -0.15) is 0 Å². The number of aromatic carboxylic acids is 1. The van der Waals surface area contributed by atoms with Gasteiger partial charge in [0.2, 0.25) is 0 Å². The number of rotatable bonds is 4. The summed E-state index contributed by atoms with van der Waals surface area (Å²) in [4.78, 5) is 11.7. The van der Waals surface area contributed by atoms with Crippen molar-refractivity contribution < 1.29 is 15.0 Å². The largest absolute Gasteiger partial charge is 0.478 e. The standard InChI is InChI=1S/C10H11BrO3S/c1-6(12)5-15-7-2-3-9(11)8(4-7)10(13)14/h2-4,6,12H,5H2,1H3,(H,13,14). The monoisotopic (exact) mass is 290 g/mol. The molecule has 0 aromatic heterocycles. The summed E-state index contributed by atoms with van der Waals surface area (Å²) in [5.41, 5.74) is 0.241. The molecular formula is C10H11BrO3S. The molecule has 0 radical (unpaired) electrons. The van der Waals surface area contributed by atoms with Gasteiger partial charge in [-0.25, -0.2) is 4.79 Å². The molecule has 2 N–H and O–H groups in total. The summed E-state index contributed by atoms with van der Waals surface area (Å²) in [7, 11) is 0. The quantitative estimate of drug-likeness (QED) is 0.837. The second-order valence-corrected chi connectivity index (χ2v) is 5.05. The molecule has 0 aliphatic rings. The molecule has 1 atom stereocenters. The summed E-state index contributed by atoms with van der Waals surface area (Å²) in [5, 5.41) is 18.0. The molecule has 0 amide bonds. The minimum absolute atomic E-state index is 0.241. The molecule has 0 aliphatic heterocycles. The first kappa shape index (κ1) is 12.5. The number of halogens is 1. The van der Waals surface area contributed by atoms with Crippen LogP contribution in [0.4, 0.5) is 0 Å². The lowest BCUT2D eigenvalue weighted by atomic mass is 10.2. The lowest BCUT2D eigenvalue weighted by Gasteiger charge is -2.06. The van der Waals surface area contributed by atoms with E-state index in [-0.39, 0.29) is 5.56 Å². The van der Waals surface area contributed by atoms with Crippen molar-refractivity contribution in [2.75, 3.05) is 5.75 Å². The molecule has 5 heteroatoms. The maximum absolute atomic E-state index is 10.8. The third-order valence-electron chi connectivity index (χ3n) is 1.66. The Morgan fingerprint density at radius 3 is 2.80 bits per heavy atom. The molecule has 1 aromatic rings. The number of aliphatic hydroxyl groups is 1. The van der Waals surface area contributed by atoms with Gasteiger partial charge in [-0.15, -0.1) is 11.8 Å². The SMILES string of the molecule is CC(O)CSc1ccc(Br)c(C(=O)O)c1. The fourth-order valence-corrected chi connectivity index (χ4v) is 2.19. The van der Waals surface area contributed by atoms with E-state index in [1.54, 1.807) is 19.1 Å². The van der Waals surface area contributed by atoms with Crippen LogP contribution in [0.5, 0.6) is 0 Å². The van der Waals surface area contributed by atoms with Gasteiger partial charge in [-0.1, -0.05) is 0 Å². The highest BCUT2D eigenvalue weighted by Gasteiger charge is 2.09. The van der Waals surface area contributed by atoms with Gasteiger partial charge < -0.3 is 10.2 Å². The van der Waals surface area contributed by atoms with Crippen molar-refractivity contribution >= 4 is 33.7 Å². The number of carbonyl (C=O) groups is 1. The summed E-state index contributed by atoms with van der Waals surface area (Å²) < 4.78 is 0.566. The van der Waals surface area contributed by atoms with Crippen LogP contribution in [0.2, 0.25) is 0 Å². The molecule has 0 saturated heterocycles. The van der Waals surface area contributed by atoms with Crippen molar-refractivity contribution in [1.82, 2.24) is 0 Å². The van der Waals surface area contributed by atoms with Gasteiger partial charge >= 0.3 is 5.97 Å². The van der Waals surface area contributed by atoms with Gasteiger partial charge in [0.15, 0.2) is 0 Å². The molecule has 0 saturated carbocycles. The third kappa shape index (κ3) is 3.85. The molecule has 0 bridgehead atoms. The predicted molar refractivity (Wildman–Crippen MR) is 63.5 cm³/mol. The Kier molecular flexibility index (Phi) is 4.63. The summed E-state index contributed by atoms with van der Waals surface area (Å²) >= 11 is 4.61. The van der Waals surface area contributed by atoms with E-state index in [0.717, 1.165) is 4.90 Å². The van der Waals surface area contributed by atoms with Crippen molar-refractivity contribution in [3.05, 3.63) is 28.2 Å². The minimum atomic E-state index is -0.957. The van der Waals surface area contributed by atoms with Crippen LogP contribution in [0, 0.1) is 0 Å².